The number of ether oxygens (including phenoxy) is 1. The van der Waals surface area contributed by atoms with Gasteiger partial charge in [-0.1, -0.05) is 41.4 Å². The van der Waals surface area contributed by atoms with Crippen molar-refractivity contribution in [3.63, 3.8) is 0 Å². The monoisotopic (exact) mass is 489 g/mol. The smallest absolute Gasteiger partial charge is 0.292 e. The Morgan fingerprint density at radius 1 is 1.24 bits per heavy atom. The average molecular weight is 490 g/mol. The molecule has 1 heterocycles. The standard InChI is InChI=1S/C17H16ClN3O.C6H16N2.C2H4O2/c1-10-6-7-14-12(8-10)15(19)16(17(22)21-14)20-9-11-4-2-3-5-13(11)18;1-6(7)4-3-5-8-2;1-4-2-3/h2-8,20H,9H2,1H3,(H3,19,21,22);6,8H,3-5,7H2,1-2H3;2H,1H3. The van der Waals surface area contributed by atoms with Crippen LogP contribution in [0.4, 0.5) is 11.4 Å². The molecule has 186 valence electrons. The number of halogens is 1. The minimum Gasteiger partial charge on any atom is -0.471 e. The van der Waals surface area contributed by atoms with Gasteiger partial charge >= 0.3 is 0 Å². The maximum Gasteiger partial charge on any atom is 0.292 e. The van der Waals surface area contributed by atoms with Gasteiger partial charge in [0, 0.05) is 23.0 Å². The molecule has 0 spiro atoms. The minimum absolute atomic E-state index is 0.235. The van der Waals surface area contributed by atoms with Crippen molar-refractivity contribution in [1.29, 1.82) is 0 Å². The highest BCUT2D eigenvalue weighted by Crippen LogP contribution is 2.26. The molecule has 7 N–H and O–H groups in total. The summed E-state index contributed by atoms with van der Waals surface area (Å²) in [6.45, 7) is 5.92. The second-order valence-corrected chi connectivity index (χ2v) is 8.20. The fourth-order valence-electron chi connectivity index (χ4n) is 3.03. The molecule has 0 amide bonds. The molecule has 0 fully saturated rings. The Morgan fingerprint density at radius 3 is 2.50 bits per heavy atom. The van der Waals surface area contributed by atoms with Gasteiger partial charge in [0.1, 0.15) is 5.69 Å². The number of carbonyl (C=O) groups is 1. The number of hydrogen-bond acceptors (Lipinski definition) is 7. The van der Waals surface area contributed by atoms with Crippen molar-refractivity contribution in [1.82, 2.24) is 10.3 Å². The van der Waals surface area contributed by atoms with Gasteiger partial charge in [0.2, 0.25) is 0 Å². The van der Waals surface area contributed by atoms with Gasteiger partial charge in [0.05, 0.1) is 18.3 Å². The van der Waals surface area contributed by atoms with E-state index in [1.54, 1.807) is 0 Å². The topological polar surface area (TPSA) is 135 Å². The van der Waals surface area contributed by atoms with E-state index in [1.807, 2.05) is 63.4 Å². The van der Waals surface area contributed by atoms with E-state index in [2.05, 4.69) is 20.4 Å². The number of nitrogen functional groups attached to an aromatic ring is 1. The molecule has 0 aliphatic rings. The first-order chi connectivity index (χ1) is 16.2. The Bertz CT molecular complexity index is 1090. The van der Waals surface area contributed by atoms with Crippen LogP contribution in [0.25, 0.3) is 10.9 Å². The number of nitrogens with one attached hydrogen (secondary N) is 3. The van der Waals surface area contributed by atoms with Crippen molar-refractivity contribution in [3.8, 4) is 0 Å². The summed E-state index contributed by atoms with van der Waals surface area (Å²) in [6, 6.07) is 13.6. The van der Waals surface area contributed by atoms with Gasteiger partial charge < -0.3 is 31.8 Å². The van der Waals surface area contributed by atoms with Crippen LogP contribution in [0.15, 0.2) is 47.3 Å². The number of anilines is 2. The number of aromatic nitrogens is 1. The van der Waals surface area contributed by atoms with Crippen LogP contribution in [0.1, 0.15) is 30.9 Å². The Morgan fingerprint density at radius 2 is 1.91 bits per heavy atom. The van der Waals surface area contributed by atoms with Crippen LogP contribution in [-0.4, -0.2) is 38.2 Å². The summed E-state index contributed by atoms with van der Waals surface area (Å²) in [5.41, 5.74) is 15.0. The zero-order valence-corrected chi connectivity index (χ0v) is 21.0. The molecule has 0 aliphatic heterocycles. The van der Waals surface area contributed by atoms with E-state index in [0.717, 1.165) is 35.0 Å². The lowest BCUT2D eigenvalue weighted by molar-refractivity contribution is -0.126. The molecule has 0 aliphatic carbocycles. The van der Waals surface area contributed by atoms with Gasteiger partial charge in [-0.15, -0.1) is 0 Å². The molecule has 1 unspecified atom stereocenters. The molecule has 9 heteroatoms. The lowest BCUT2D eigenvalue weighted by atomic mass is 10.1. The van der Waals surface area contributed by atoms with E-state index in [4.69, 9.17) is 27.9 Å². The van der Waals surface area contributed by atoms with Gasteiger partial charge in [0.25, 0.3) is 12.0 Å². The Hall–Kier alpha value is -3.07. The highest BCUT2D eigenvalue weighted by Gasteiger charge is 2.10. The lowest BCUT2D eigenvalue weighted by Gasteiger charge is -2.12. The largest absolute Gasteiger partial charge is 0.471 e. The number of carbonyl (C=O) groups excluding carboxylic acids is 1. The Kier molecular flexibility index (Phi) is 13.4. The molecule has 3 rings (SSSR count). The fourth-order valence-corrected chi connectivity index (χ4v) is 3.24. The number of aryl methyl sites for hydroxylation is 1. The number of aromatic amines is 1. The van der Waals surface area contributed by atoms with Crippen molar-refractivity contribution < 1.29 is 9.53 Å². The van der Waals surface area contributed by atoms with Crippen LogP contribution >= 0.6 is 11.6 Å². The minimum atomic E-state index is -0.235. The van der Waals surface area contributed by atoms with Gasteiger partial charge in [-0.2, -0.15) is 0 Å². The van der Waals surface area contributed by atoms with E-state index < -0.39 is 0 Å². The van der Waals surface area contributed by atoms with Crippen LogP contribution in [0, 0.1) is 6.92 Å². The third-order valence-electron chi connectivity index (χ3n) is 4.81. The zero-order chi connectivity index (χ0) is 25.5. The quantitative estimate of drug-likeness (QED) is 0.240. The van der Waals surface area contributed by atoms with Crippen molar-refractivity contribution in [2.45, 2.75) is 39.3 Å². The first kappa shape index (κ1) is 29.0. The second kappa shape index (κ2) is 15.7. The Balaban J connectivity index is 0.000000403. The molecule has 0 saturated heterocycles. The average Bonchev–Trinajstić information content (AvgIpc) is 2.81. The molecule has 34 heavy (non-hydrogen) atoms. The highest BCUT2D eigenvalue weighted by molar-refractivity contribution is 6.31. The predicted octanol–water partition coefficient (Wildman–Crippen LogP) is 3.81. The number of benzene rings is 2. The molecule has 0 saturated carbocycles. The van der Waals surface area contributed by atoms with Gasteiger partial charge in [-0.25, -0.2) is 0 Å². The molecule has 2 aromatic carbocycles. The van der Waals surface area contributed by atoms with E-state index in [-0.39, 0.29) is 5.56 Å². The predicted molar refractivity (Wildman–Crippen MR) is 142 cm³/mol. The van der Waals surface area contributed by atoms with Gasteiger partial charge in [-0.3, -0.25) is 9.59 Å². The van der Waals surface area contributed by atoms with Crippen LogP contribution in [0.3, 0.4) is 0 Å². The number of nitrogens with two attached hydrogens (primary N) is 2. The second-order valence-electron chi connectivity index (χ2n) is 7.79. The molecular formula is C25H36ClN5O3. The SMILES string of the molecule is CNCCCC(C)N.COC=O.Cc1ccc2[nH]c(=O)c(NCc3ccccc3Cl)c(N)c2c1. The molecule has 3 aromatic rings. The Labute approximate surface area is 206 Å². The van der Waals surface area contributed by atoms with E-state index >= 15 is 0 Å². The van der Waals surface area contributed by atoms with Crippen molar-refractivity contribution in [3.05, 3.63) is 69.0 Å². The fraction of sp³-hybridized carbons (Fsp3) is 0.360. The molecule has 8 nitrogen and oxygen atoms in total. The zero-order valence-electron chi connectivity index (χ0n) is 20.3. The van der Waals surface area contributed by atoms with Crippen LogP contribution in [0.2, 0.25) is 5.02 Å². The molecular weight excluding hydrogens is 454 g/mol. The first-order valence-electron chi connectivity index (χ1n) is 11.0. The summed E-state index contributed by atoms with van der Waals surface area (Å²) in [5, 5.41) is 7.65. The highest BCUT2D eigenvalue weighted by atomic mass is 35.5. The van der Waals surface area contributed by atoms with Crippen LogP contribution in [0.5, 0.6) is 0 Å². The third-order valence-corrected chi connectivity index (χ3v) is 5.17. The summed E-state index contributed by atoms with van der Waals surface area (Å²) in [5.74, 6) is 0. The maximum absolute atomic E-state index is 12.2. The molecule has 0 bridgehead atoms. The molecule has 1 atom stereocenters. The van der Waals surface area contributed by atoms with Gasteiger partial charge in [-0.05, 0) is 64.0 Å². The van der Waals surface area contributed by atoms with Crippen molar-refractivity contribution in [2.24, 2.45) is 5.73 Å². The number of hydrogen-bond donors (Lipinski definition) is 5. The number of pyridine rings is 1. The van der Waals surface area contributed by atoms with Crippen LogP contribution in [-0.2, 0) is 16.1 Å². The van der Waals surface area contributed by atoms with Crippen molar-refractivity contribution >= 4 is 40.4 Å². The molecule has 0 radical (unpaired) electrons. The third kappa shape index (κ3) is 9.82. The number of H-pyrrole nitrogens is 1. The van der Waals surface area contributed by atoms with E-state index in [9.17, 15) is 4.79 Å². The number of fused-ring (bicyclic) bond motifs is 1. The molecule has 1 aromatic heterocycles. The summed E-state index contributed by atoms with van der Waals surface area (Å²) in [7, 11) is 3.27. The van der Waals surface area contributed by atoms with Gasteiger partial charge in [0.15, 0.2) is 0 Å². The normalized spacial score (nSPS) is 10.9. The summed E-state index contributed by atoms with van der Waals surface area (Å²) < 4.78 is 3.86. The van der Waals surface area contributed by atoms with E-state index in [0.29, 0.717) is 35.5 Å². The summed E-state index contributed by atoms with van der Waals surface area (Å²) in [4.78, 5) is 24.0. The lowest BCUT2D eigenvalue weighted by Crippen LogP contribution is -2.17. The first-order valence-corrected chi connectivity index (χ1v) is 11.4. The van der Waals surface area contributed by atoms with Crippen LogP contribution < -0.4 is 27.7 Å². The summed E-state index contributed by atoms with van der Waals surface area (Å²) in [6.07, 6.45) is 2.31. The summed E-state index contributed by atoms with van der Waals surface area (Å²) >= 11 is 6.13. The maximum atomic E-state index is 12.2. The van der Waals surface area contributed by atoms with E-state index in [1.165, 1.54) is 13.5 Å². The van der Waals surface area contributed by atoms with Crippen molar-refractivity contribution in [2.75, 3.05) is 31.8 Å². The number of methoxy groups -OCH3 is 1. The number of rotatable bonds is 8.